The van der Waals surface area contributed by atoms with Gasteiger partial charge in [0.15, 0.2) is 5.82 Å². The number of benzene rings is 1. The van der Waals surface area contributed by atoms with Crippen molar-refractivity contribution in [1.29, 1.82) is 0 Å². The Morgan fingerprint density at radius 2 is 2.09 bits per heavy atom. The van der Waals surface area contributed by atoms with Crippen molar-refractivity contribution in [2.75, 3.05) is 31.3 Å². The first kappa shape index (κ1) is 17.6. The molecule has 124 valence electrons. The van der Waals surface area contributed by atoms with Gasteiger partial charge in [-0.25, -0.2) is 4.68 Å². The third kappa shape index (κ3) is 4.88. The second-order valence-corrected chi connectivity index (χ2v) is 6.12. The van der Waals surface area contributed by atoms with Crippen molar-refractivity contribution in [2.45, 2.75) is 17.0 Å². The van der Waals surface area contributed by atoms with Crippen molar-refractivity contribution in [3.05, 3.63) is 24.3 Å². The number of nitrogens with zero attached hydrogens (tertiary/aromatic N) is 3. The van der Waals surface area contributed by atoms with Crippen LogP contribution in [0.2, 0.25) is 0 Å². The number of ether oxygens (including phenoxy) is 2. The maximum Gasteiger partial charge on any atom is 0.302 e. The van der Waals surface area contributed by atoms with Crippen LogP contribution in [0.4, 0.5) is 0 Å². The Labute approximate surface area is 142 Å². The smallest absolute Gasteiger partial charge is 0.302 e. The molecule has 0 amide bonds. The first-order valence-corrected chi connectivity index (χ1v) is 9.02. The molecule has 1 aromatic heterocycles. The normalized spacial score (nSPS) is 10.7. The van der Waals surface area contributed by atoms with Crippen LogP contribution in [-0.4, -0.2) is 46.3 Å². The SMILES string of the molecule is CSc1ccccc1-c1nnc(SCOCCOC(C)=O)n1N. The highest BCUT2D eigenvalue weighted by Gasteiger charge is 2.14. The summed E-state index contributed by atoms with van der Waals surface area (Å²) in [6.07, 6.45) is 2.00. The molecule has 2 N–H and O–H groups in total. The van der Waals surface area contributed by atoms with E-state index in [9.17, 15) is 4.79 Å². The molecule has 0 atom stereocenters. The highest BCUT2D eigenvalue weighted by atomic mass is 32.2. The molecule has 2 rings (SSSR count). The van der Waals surface area contributed by atoms with E-state index in [2.05, 4.69) is 10.2 Å². The van der Waals surface area contributed by atoms with Crippen LogP contribution in [0, 0.1) is 0 Å². The Balaban J connectivity index is 1.93. The van der Waals surface area contributed by atoms with E-state index in [0.29, 0.717) is 23.5 Å². The van der Waals surface area contributed by atoms with Crippen LogP contribution >= 0.6 is 23.5 Å². The minimum atomic E-state index is -0.319. The number of thioether (sulfide) groups is 2. The summed E-state index contributed by atoms with van der Waals surface area (Å²) in [6.45, 7) is 1.92. The zero-order valence-corrected chi connectivity index (χ0v) is 14.5. The number of esters is 1. The first-order valence-electron chi connectivity index (χ1n) is 6.81. The Morgan fingerprint density at radius 1 is 1.30 bits per heavy atom. The lowest BCUT2D eigenvalue weighted by molar-refractivity contribution is -0.142. The highest BCUT2D eigenvalue weighted by molar-refractivity contribution is 7.99. The van der Waals surface area contributed by atoms with Gasteiger partial charge in [0, 0.05) is 17.4 Å². The van der Waals surface area contributed by atoms with Gasteiger partial charge in [-0.1, -0.05) is 23.9 Å². The monoisotopic (exact) mass is 354 g/mol. The molecule has 0 aliphatic heterocycles. The molecule has 0 fully saturated rings. The van der Waals surface area contributed by atoms with E-state index >= 15 is 0 Å². The molecular weight excluding hydrogens is 336 g/mol. The lowest BCUT2D eigenvalue weighted by atomic mass is 10.2. The maximum atomic E-state index is 10.6. The zero-order valence-electron chi connectivity index (χ0n) is 12.9. The van der Waals surface area contributed by atoms with Crippen molar-refractivity contribution in [3.63, 3.8) is 0 Å². The lowest BCUT2D eigenvalue weighted by Gasteiger charge is -2.07. The second kappa shape index (κ2) is 8.80. The molecular formula is C14H18N4O3S2. The molecule has 7 nitrogen and oxygen atoms in total. The molecule has 0 bridgehead atoms. The van der Waals surface area contributed by atoms with Gasteiger partial charge in [-0.15, -0.1) is 22.0 Å². The fourth-order valence-corrected chi connectivity index (χ4v) is 3.01. The molecule has 0 aliphatic rings. The summed E-state index contributed by atoms with van der Waals surface area (Å²) < 4.78 is 11.6. The molecule has 0 unspecified atom stereocenters. The predicted octanol–water partition coefficient (Wildman–Crippen LogP) is 2.01. The van der Waals surface area contributed by atoms with Crippen LogP contribution in [0.25, 0.3) is 11.4 Å². The third-order valence-corrected chi connectivity index (χ3v) is 4.43. The van der Waals surface area contributed by atoms with Gasteiger partial charge in [0.05, 0.1) is 12.5 Å². The number of nitrogens with two attached hydrogens (primary N) is 1. The first-order chi connectivity index (χ1) is 11.1. The van der Waals surface area contributed by atoms with E-state index in [4.69, 9.17) is 15.3 Å². The molecule has 1 heterocycles. The standard InChI is InChI=1S/C14H18N4O3S2/c1-10(19)21-8-7-20-9-23-14-17-16-13(18(14)15)11-5-3-4-6-12(11)22-2/h3-6H,7-9,15H2,1-2H3. The number of carbonyl (C=O) groups excluding carboxylic acids is 1. The molecule has 2 aromatic rings. The van der Waals surface area contributed by atoms with E-state index in [-0.39, 0.29) is 12.6 Å². The van der Waals surface area contributed by atoms with Crippen LogP contribution in [-0.2, 0) is 14.3 Å². The van der Waals surface area contributed by atoms with Crippen molar-refractivity contribution >= 4 is 29.5 Å². The Hall–Kier alpha value is -1.71. The van der Waals surface area contributed by atoms with Gasteiger partial charge in [-0.2, -0.15) is 0 Å². The molecule has 1 aromatic carbocycles. The summed E-state index contributed by atoms with van der Waals surface area (Å²) in [5.74, 6) is 6.71. The van der Waals surface area contributed by atoms with Gasteiger partial charge in [0.2, 0.25) is 5.16 Å². The Morgan fingerprint density at radius 3 is 2.83 bits per heavy atom. The molecule has 9 heteroatoms. The average Bonchev–Trinajstić information content (AvgIpc) is 2.91. The number of carbonyl (C=O) groups is 1. The lowest BCUT2D eigenvalue weighted by Crippen LogP contribution is -2.12. The Kier molecular flexibility index (Phi) is 6.75. The fourth-order valence-electron chi connectivity index (χ4n) is 1.79. The number of rotatable bonds is 8. The minimum absolute atomic E-state index is 0.234. The summed E-state index contributed by atoms with van der Waals surface area (Å²) in [6, 6.07) is 7.89. The van der Waals surface area contributed by atoms with Crippen LogP contribution in [0.5, 0.6) is 0 Å². The number of nitrogen functional groups attached to an aromatic ring is 1. The molecule has 0 saturated heterocycles. The number of hydrogen-bond acceptors (Lipinski definition) is 8. The van der Waals surface area contributed by atoms with Gasteiger partial charge < -0.3 is 15.3 Å². The van der Waals surface area contributed by atoms with E-state index in [1.54, 1.807) is 11.8 Å². The minimum Gasteiger partial charge on any atom is -0.463 e. The zero-order chi connectivity index (χ0) is 16.7. The maximum absolute atomic E-state index is 10.6. The van der Waals surface area contributed by atoms with E-state index < -0.39 is 0 Å². The van der Waals surface area contributed by atoms with Crippen molar-refractivity contribution in [1.82, 2.24) is 14.9 Å². The fraction of sp³-hybridized carbons (Fsp3) is 0.357. The summed E-state index contributed by atoms with van der Waals surface area (Å²) in [5, 5.41) is 8.81. The van der Waals surface area contributed by atoms with Gasteiger partial charge in [-0.3, -0.25) is 4.79 Å². The molecule has 0 spiro atoms. The summed E-state index contributed by atoms with van der Waals surface area (Å²) in [7, 11) is 0. The predicted molar refractivity (Wildman–Crippen MR) is 90.7 cm³/mol. The van der Waals surface area contributed by atoms with Crippen LogP contribution < -0.4 is 5.84 Å². The van der Waals surface area contributed by atoms with Crippen LogP contribution in [0.3, 0.4) is 0 Å². The van der Waals surface area contributed by atoms with Crippen LogP contribution in [0.15, 0.2) is 34.3 Å². The molecule has 0 radical (unpaired) electrons. The molecule has 0 saturated carbocycles. The van der Waals surface area contributed by atoms with Gasteiger partial charge in [-0.05, 0) is 18.4 Å². The van der Waals surface area contributed by atoms with Crippen molar-refractivity contribution < 1.29 is 14.3 Å². The summed E-state index contributed by atoms with van der Waals surface area (Å²) >= 11 is 2.96. The largest absolute Gasteiger partial charge is 0.463 e. The number of aromatic nitrogens is 3. The van der Waals surface area contributed by atoms with Crippen molar-refractivity contribution in [3.8, 4) is 11.4 Å². The Bertz CT molecular complexity index is 663. The number of hydrogen-bond donors (Lipinski definition) is 1. The van der Waals surface area contributed by atoms with E-state index in [1.807, 2.05) is 30.5 Å². The second-order valence-electron chi connectivity index (χ2n) is 4.39. The van der Waals surface area contributed by atoms with Crippen molar-refractivity contribution in [2.24, 2.45) is 0 Å². The summed E-state index contributed by atoms with van der Waals surface area (Å²) in [5.41, 5.74) is 0.942. The highest BCUT2D eigenvalue weighted by Crippen LogP contribution is 2.29. The van der Waals surface area contributed by atoms with Gasteiger partial charge in [0.1, 0.15) is 6.61 Å². The van der Waals surface area contributed by atoms with Crippen LogP contribution in [0.1, 0.15) is 6.92 Å². The molecule has 0 aliphatic carbocycles. The average molecular weight is 354 g/mol. The topological polar surface area (TPSA) is 92.3 Å². The van der Waals surface area contributed by atoms with Gasteiger partial charge in [0.25, 0.3) is 0 Å². The molecule has 23 heavy (non-hydrogen) atoms. The van der Waals surface area contributed by atoms with E-state index in [1.165, 1.54) is 23.4 Å². The van der Waals surface area contributed by atoms with Gasteiger partial charge >= 0.3 is 5.97 Å². The third-order valence-electron chi connectivity index (χ3n) is 2.82. The quantitative estimate of drug-likeness (QED) is 0.253. The van der Waals surface area contributed by atoms with E-state index in [0.717, 1.165) is 10.5 Å². The summed E-state index contributed by atoms with van der Waals surface area (Å²) in [4.78, 5) is 11.7.